The van der Waals surface area contributed by atoms with Crippen molar-refractivity contribution in [3.8, 4) is 0 Å². The van der Waals surface area contributed by atoms with Crippen LogP contribution in [0.3, 0.4) is 0 Å². The van der Waals surface area contributed by atoms with E-state index in [1.165, 1.54) is 25.8 Å². The molecule has 0 aliphatic carbocycles. The third-order valence-corrected chi connectivity index (χ3v) is 4.94. The zero-order valence-corrected chi connectivity index (χ0v) is 13.9. The molecule has 1 nitrogen and oxygen atoms in total. The summed E-state index contributed by atoms with van der Waals surface area (Å²) < 4.78 is 1.37. The second-order valence-corrected chi connectivity index (χ2v) is 6.09. The van der Waals surface area contributed by atoms with E-state index in [-0.39, 0.29) is 0 Å². The maximum Gasteiger partial charge on any atom is 0.0369 e. The summed E-state index contributed by atoms with van der Waals surface area (Å²) >= 11 is 2.45. The molecule has 0 amide bonds. The Morgan fingerprint density at radius 3 is 2.53 bits per heavy atom. The zero-order chi connectivity index (χ0) is 13.8. The molecule has 1 N–H and O–H groups in total. The van der Waals surface area contributed by atoms with Gasteiger partial charge in [-0.3, -0.25) is 0 Å². The first kappa shape index (κ1) is 14.5. The van der Waals surface area contributed by atoms with Crippen molar-refractivity contribution in [3.05, 3.63) is 68.3 Å². The average molecular weight is 365 g/mol. The summed E-state index contributed by atoms with van der Waals surface area (Å²) in [5, 5.41) is 3.45. The van der Waals surface area contributed by atoms with Crippen LogP contribution in [0.1, 0.15) is 28.3 Å². The van der Waals surface area contributed by atoms with Gasteiger partial charge in [0.05, 0.1) is 0 Å². The third kappa shape index (κ3) is 3.57. The van der Waals surface area contributed by atoms with Crippen molar-refractivity contribution in [2.24, 2.45) is 0 Å². The van der Waals surface area contributed by atoms with E-state index in [9.17, 15) is 0 Å². The van der Waals surface area contributed by atoms with Crippen molar-refractivity contribution in [1.29, 1.82) is 0 Å². The first-order valence-electron chi connectivity index (χ1n) is 6.59. The van der Waals surface area contributed by atoms with Crippen LogP contribution < -0.4 is 5.32 Å². The van der Waals surface area contributed by atoms with Gasteiger partial charge in [0, 0.05) is 9.61 Å². The molecule has 1 unspecified atom stereocenters. The number of hydrogen-bond acceptors (Lipinski definition) is 1. The number of aryl methyl sites for hydroxylation is 2. The van der Waals surface area contributed by atoms with Crippen LogP contribution >= 0.6 is 22.6 Å². The summed E-state index contributed by atoms with van der Waals surface area (Å²) in [7, 11) is 2.04. The summed E-state index contributed by atoms with van der Waals surface area (Å²) in [4.78, 5) is 0. The highest BCUT2D eigenvalue weighted by molar-refractivity contribution is 14.1. The number of likely N-dealkylation sites (N-methyl/N-ethyl adjacent to an activating group) is 1. The molecule has 0 saturated heterocycles. The topological polar surface area (TPSA) is 12.0 Å². The molecule has 100 valence electrons. The smallest absolute Gasteiger partial charge is 0.0369 e. The molecule has 2 heteroatoms. The predicted molar refractivity (Wildman–Crippen MR) is 90.6 cm³/mol. The first-order valence-corrected chi connectivity index (χ1v) is 7.67. The van der Waals surface area contributed by atoms with Gasteiger partial charge < -0.3 is 5.32 Å². The SMILES string of the molecule is CNC(Cc1cccc(C)c1)c1cccc(C)c1I. The Balaban J connectivity index is 2.28. The Labute approximate surface area is 129 Å². The zero-order valence-electron chi connectivity index (χ0n) is 11.7. The lowest BCUT2D eigenvalue weighted by atomic mass is 9.97. The van der Waals surface area contributed by atoms with Crippen molar-refractivity contribution in [2.45, 2.75) is 26.3 Å². The molecule has 0 aromatic heterocycles. The lowest BCUT2D eigenvalue weighted by Crippen LogP contribution is -2.20. The molecule has 2 aromatic carbocycles. The minimum absolute atomic E-state index is 0.369. The second kappa shape index (κ2) is 6.53. The highest BCUT2D eigenvalue weighted by Crippen LogP contribution is 2.25. The molecule has 0 aliphatic heterocycles. The molecular formula is C17H20IN. The first-order chi connectivity index (χ1) is 9.11. The lowest BCUT2D eigenvalue weighted by Gasteiger charge is -2.19. The minimum Gasteiger partial charge on any atom is -0.313 e. The van der Waals surface area contributed by atoms with Gasteiger partial charge in [0.15, 0.2) is 0 Å². The van der Waals surface area contributed by atoms with Crippen LogP contribution in [0.15, 0.2) is 42.5 Å². The van der Waals surface area contributed by atoms with E-state index in [0.29, 0.717) is 6.04 Å². The largest absolute Gasteiger partial charge is 0.313 e. The molecule has 1 atom stereocenters. The molecule has 19 heavy (non-hydrogen) atoms. The molecule has 0 heterocycles. The molecule has 2 aromatic rings. The average Bonchev–Trinajstić information content (AvgIpc) is 2.40. The van der Waals surface area contributed by atoms with Crippen LogP contribution in [0.5, 0.6) is 0 Å². The van der Waals surface area contributed by atoms with E-state index in [0.717, 1.165) is 6.42 Å². The quantitative estimate of drug-likeness (QED) is 0.792. The van der Waals surface area contributed by atoms with Crippen molar-refractivity contribution in [1.82, 2.24) is 5.32 Å². The van der Waals surface area contributed by atoms with Gasteiger partial charge in [-0.25, -0.2) is 0 Å². The van der Waals surface area contributed by atoms with Crippen LogP contribution in [0.4, 0.5) is 0 Å². The molecule has 0 fully saturated rings. The Hall–Kier alpha value is -0.870. The summed E-state index contributed by atoms with van der Waals surface area (Å²) in [6.45, 7) is 4.32. The van der Waals surface area contributed by atoms with Gasteiger partial charge in [0.2, 0.25) is 0 Å². The van der Waals surface area contributed by atoms with Gasteiger partial charge >= 0.3 is 0 Å². The number of rotatable bonds is 4. The summed E-state index contributed by atoms with van der Waals surface area (Å²) in [5.41, 5.74) is 5.45. The predicted octanol–water partition coefficient (Wildman–Crippen LogP) is 4.41. The standard InChI is InChI=1S/C17H20IN/c1-12-6-4-8-14(10-12)11-16(19-3)15-9-5-7-13(2)17(15)18/h4-10,16,19H,11H2,1-3H3. The fraction of sp³-hybridized carbons (Fsp3) is 0.294. The monoisotopic (exact) mass is 365 g/mol. The summed E-state index contributed by atoms with van der Waals surface area (Å²) in [5.74, 6) is 0. The van der Waals surface area contributed by atoms with Crippen LogP contribution in [0.25, 0.3) is 0 Å². The van der Waals surface area contributed by atoms with E-state index in [1.807, 2.05) is 7.05 Å². The van der Waals surface area contributed by atoms with Crippen molar-refractivity contribution in [2.75, 3.05) is 7.05 Å². The molecule has 0 spiro atoms. The van der Waals surface area contributed by atoms with Gasteiger partial charge in [0.1, 0.15) is 0 Å². The molecule has 0 bridgehead atoms. The number of hydrogen-bond donors (Lipinski definition) is 1. The normalized spacial score (nSPS) is 12.4. The van der Waals surface area contributed by atoms with Gasteiger partial charge in [-0.15, -0.1) is 0 Å². The molecule has 0 aliphatic rings. The highest BCUT2D eigenvalue weighted by Gasteiger charge is 2.14. The van der Waals surface area contributed by atoms with Crippen molar-refractivity contribution < 1.29 is 0 Å². The van der Waals surface area contributed by atoms with Gasteiger partial charge in [0.25, 0.3) is 0 Å². The maximum absolute atomic E-state index is 3.45. The van der Waals surface area contributed by atoms with E-state index >= 15 is 0 Å². The molecule has 0 radical (unpaired) electrons. The van der Waals surface area contributed by atoms with E-state index < -0.39 is 0 Å². The van der Waals surface area contributed by atoms with Gasteiger partial charge in [-0.1, -0.05) is 48.0 Å². The van der Waals surface area contributed by atoms with E-state index in [2.05, 4.69) is 84.2 Å². The van der Waals surface area contributed by atoms with Gasteiger partial charge in [-0.05, 0) is 66.6 Å². The van der Waals surface area contributed by atoms with Crippen molar-refractivity contribution >= 4 is 22.6 Å². The molecule has 2 rings (SSSR count). The van der Waals surface area contributed by atoms with E-state index in [1.54, 1.807) is 0 Å². The maximum atomic E-state index is 3.45. The Morgan fingerprint density at radius 1 is 1.11 bits per heavy atom. The number of halogens is 1. The molecular weight excluding hydrogens is 345 g/mol. The van der Waals surface area contributed by atoms with E-state index in [4.69, 9.17) is 0 Å². The van der Waals surface area contributed by atoms with Crippen LogP contribution in [-0.4, -0.2) is 7.05 Å². The third-order valence-electron chi connectivity index (χ3n) is 3.47. The van der Waals surface area contributed by atoms with Crippen LogP contribution in [0.2, 0.25) is 0 Å². The lowest BCUT2D eigenvalue weighted by molar-refractivity contribution is 0.589. The summed E-state index contributed by atoms with van der Waals surface area (Å²) in [6, 6.07) is 15.7. The minimum atomic E-state index is 0.369. The van der Waals surface area contributed by atoms with Gasteiger partial charge in [-0.2, -0.15) is 0 Å². The fourth-order valence-corrected chi connectivity index (χ4v) is 3.12. The Bertz CT molecular complexity index is 563. The number of benzene rings is 2. The summed E-state index contributed by atoms with van der Waals surface area (Å²) in [6.07, 6.45) is 1.03. The highest BCUT2D eigenvalue weighted by atomic mass is 127. The fourth-order valence-electron chi connectivity index (χ4n) is 2.38. The number of nitrogens with one attached hydrogen (secondary N) is 1. The Kier molecular flexibility index (Phi) is 4.99. The Morgan fingerprint density at radius 2 is 1.84 bits per heavy atom. The second-order valence-electron chi connectivity index (χ2n) is 5.01. The molecule has 0 saturated carbocycles. The van der Waals surface area contributed by atoms with Crippen LogP contribution in [0, 0.1) is 17.4 Å². The van der Waals surface area contributed by atoms with Crippen molar-refractivity contribution in [3.63, 3.8) is 0 Å². The van der Waals surface area contributed by atoms with Crippen LogP contribution in [-0.2, 0) is 6.42 Å².